The van der Waals surface area contributed by atoms with Gasteiger partial charge in [0.25, 0.3) is 0 Å². The molecule has 1 fully saturated rings. The van der Waals surface area contributed by atoms with Gasteiger partial charge in [-0.25, -0.2) is 4.39 Å². The van der Waals surface area contributed by atoms with Gasteiger partial charge in [0.2, 0.25) is 0 Å². The van der Waals surface area contributed by atoms with Gasteiger partial charge in [-0.05, 0) is 73.1 Å². The van der Waals surface area contributed by atoms with Crippen LogP contribution in [-0.4, -0.2) is 18.0 Å². The van der Waals surface area contributed by atoms with Gasteiger partial charge in [0.1, 0.15) is 5.82 Å². The van der Waals surface area contributed by atoms with Crippen LogP contribution in [-0.2, 0) is 11.8 Å². The van der Waals surface area contributed by atoms with Crippen LogP contribution >= 0.6 is 0 Å². The molecule has 1 heterocycles. The Labute approximate surface area is 160 Å². The number of halogens is 1. The highest BCUT2D eigenvalue weighted by molar-refractivity contribution is 5.33. The summed E-state index contributed by atoms with van der Waals surface area (Å²) in [6.45, 7) is 19.3. The molecule has 1 aromatic carbocycles. The monoisotopic (exact) mass is 357 g/mol. The Bertz CT molecular complexity index is 638. The quantitative estimate of drug-likeness (QED) is 0.471. The average Bonchev–Trinajstić information content (AvgIpc) is 3.06. The molecule has 2 heteroatoms. The lowest BCUT2D eigenvalue weighted by Gasteiger charge is -2.24. The predicted molar refractivity (Wildman–Crippen MR) is 111 cm³/mol. The maximum Gasteiger partial charge on any atom is 0.123 e. The maximum atomic E-state index is 13.7. The van der Waals surface area contributed by atoms with Crippen LogP contribution in [0.1, 0.15) is 70.9 Å². The van der Waals surface area contributed by atoms with E-state index in [1.54, 1.807) is 12.1 Å². The highest BCUT2D eigenvalue weighted by Gasteiger charge is 2.24. The van der Waals surface area contributed by atoms with E-state index in [0.29, 0.717) is 5.92 Å². The number of aryl methyl sites for hydroxylation is 1. The van der Waals surface area contributed by atoms with Gasteiger partial charge in [-0.2, -0.15) is 0 Å². The number of allylic oxidation sites excluding steroid dienone is 2. The van der Waals surface area contributed by atoms with E-state index in [1.807, 2.05) is 6.07 Å². The van der Waals surface area contributed by atoms with E-state index in [9.17, 15) is 4.39 Å². The van der Waals surface area contributed by atoms with Crippen molar-refractivity contribution in [2.24, 2.45) is 5.92 Å². The predicted octanol–water partition coefficient (Wildman–Crippen LogP) is 6.64. The second-order valence-electron chi connectivity index (χ2n) is 8.86. The van der Waals surface area contributed by atoms with Crippen LogP contribution in [0.5, 0.6) is 0 Å². The van der Waals surface area contributed by atoms with E-state index in [1.165, 1.54) is 29.7 Å². The van der Waals surface area contributed by atoms with Gasteiger partial charge in [0.15, 0.2) is 0 Å². The molecule has 1 nitrogen and oxygen atoms in total. The minimum absolute atomic E-state index is 0.0187. The molecule has 0 radical (unpaired) electrons. The van der Waals surface area contributed by atoms with Crippen molar-refractivity contribution < 1.29 is 4.39 Å². The molecule has 2 rings (SSSR count). The first-order chi connectivity index (χ1) is 12.2. The van der Waals surface area contributed by atoms with Gasteiger partial charge in [-0.15, -0.1) is 0 Å². The molecule has 0 spiro atoms. The van der Waals surface area contributed by atoms with Crippen LogP contribution < -0.4 is 0 Å². The standard InChI is InChI=1S/C24H36FN/c1-7-18(2)8-9-19(3)26-15-14-20(17-26)10-11-21-12-13-22(25)16-23(21)24(4,5)6/h12-13,16,20H,2-3,7-11,14-15,17H2,1,4-6H3. The van der Waals surface area contributed by atoms with Crippen LogP contribution in [0.4, 0.5) is 4.39 Å². The number of nitrogens with zero attached hydrogens (tertiary/aromatic N) is 1. The molecule has 26 heavy (non-hydrogen) atoms. The summed E-state index contributed by atoms with van der Waals surface area (Å²) in [6.07, 6.45) is 6.58. The second kappa shape index (κ2) is 8.88. The summed E-state index contributed by atoms with van der Waals surface area (Å²) in [5.74, 6) is 0.578. The first-order valence-electron chi connectivity index (χ1n) is 10.1. The topological polar surface area (TPSA) is 3.24 Å². The number of hydrogen-bond donors (Lipinski definition) is 0. The van der Waals surface area contributed by atoms with Crippen molar-refractivity contribution in [3.05, 3.63) is 59.6 Å². The van der Waals surface area contributed by atoms with Crippen LogP contribution in [0.3, 0.4) is 0 Å². The van der Waals surface area contributed by atoms with Crippen LogP contribution in [0.25, 0.3) is 0 Å². The molecule has 1 aliphatic heterocycles. The Morgan fingerprint density at radius 2 is 1.96 bits per heavy atom. The van der Waals surface area contributed by atoms with E-state index >= 15 is 0 Å². The van der Waals surface area contributed by atoms with Crippen LogP contribution in [0.2, 0.25) is 0 Å². The zero-order chi connectivity index (χ0) is 19.3. The Morgan fingerprint density at radius 3 is 2.62 bits per heavy atom. The fraction of sp³-hybridized carbons (Fsp3) is 0.583. The molecule has 1 atom stereocenters. The van der Waals surface area contributed by atoms with Gasteiger partial charge in [-0.1, -0.05) is 52.5 Å². The van der Waals surface area contributed by atoms with E-state index in [-0.39, 0.29) is 11.2 Å². The third kappa shape index (κ3) is 5.72. The smallest absolute Gasteiger partial charge is 0.123 e. The minimum Gasteiger partial charge on any atom is -0.375 e. The maximum absolute atomic E-state index is 13.7. The van der Waals surface area contributed by atoms with E-state index < -0.39 is 0 Å². The summed E-state index contributed by atoms with van der Waals surface area (Å²) in [5, 5.41) is 0. The normalized spacial score (nSPS) is 17.6. The number of benzene rings is 1. The lowest BCUT2D eigenvalue weighted by atomic mass is 9.82. The highest BCUT2D eigenvalue weighted by atomic mass is 19.1. The molecule has 1 saturated heterocycles. The Hall–Kier alpha value is -1.57. The summed E-state index contributed by atoms with van der Waals surface area (Å²) in [6, 6.07) is 5.31. The second-order valence-corrected chi connectivity index (χ2v) is 8.86. The average molecular weight is 358 g/mol. The molecule has 0 saturated carbocycles. The Balaban J connectivity index is 1.88. The van der Waals surface area contributed by atoms with E-state index in [2.05, 4.69) is 45.8 Å². The van der Waals surface area contributed by atoms with Crippen molar-refractivity contribution in [1.29, 1.82) is 0 Å². The molecule has 0 amide bonds. The third-order valence-electron chi connectivity index (χ3n) is 5.70. The van der Waals surface area contributed by atoms with Crippen molar-refractivity contribution in [3.63, 3.8) is 0 Å². The van der Waals surface area contributed by atoms with Gasteiger partial charge in [0.05, 0.1) is 0 Å². The molecule has 1 aliphatic rings. The van der Waals surface area contributed by atoms with Gasteiger partial charge < -0.3 is 4.90 Å². The van der Waals surface area contributed by atoms with Gasteiger partial charge in [-0.3, -0.25) is 0 Å². The summed E-state index contributed by atoms with van der Waals surface area (Å²) < 4.78 is 13.7. The molecule has 144 valence electrons. The van der Waals surface area contributed by atoms with Gasteiger partial charge >= 0.3 is 0 Å². The number of likely N-dealkylation sites (tertiary alicyclic amines) is 1. The summed E-state index contributed by atoms with van der Waals surface area (Å²) >= 11 is 0. The Morgan fingerprint density at radius 1 is 1.23 bits per heavy atom. The fourth-order valence-corrected chi connectivity index (χ4v) is 3.84. The van der Waals surface area contributed by atoms with Crippen molar-refractivity contribution in [2.45, 2.75) is 71.6 Å². The summed E-state index contributed by atoms with van der Waals surface area (Å²) in [7, 11) is 0. The van der Waals surface area contributed by atoms with Crippen LogP contribution in [0, 0.1) is 11.7 Å². The Kier molecular flexibility index (Phi) is 7.08. The number of hydrogen-bond acceptors (Lipinski definition) is 1. The summed E-state index contributed by atoms with van der Waals surface area (Å²) in [4.78, 5) is 2.46. The highest BCUT2D eigenvalue weighted by Crippen LogP contribution is 2.30. The lowest BCUT2D eigenvalue weighted by molar-refractivity contribution is 0.383. The van der Waals surface area contributed by atoms with Crippen molar-refractivity contribution in [2.75, 3.05) is 13.1 Å². The molecule has 0 aromatic heterocycles. The van der Waals surface area contributed by atoms with E-state index in [4.69, 9.17) is 0 Å². The lowest BCUT2D eigenvalue weighted by Crippen LogP contribution is -2.20. The number of rotatable bonds is 8. The molecule has 0 aliphatic carbocycles. The fourth-order valence-electron chi connectivity index (χ4n) is 3.84. The zero-order valence-electron chi connectivity index (χ0n) is 17.2. The van der Waals surface area contributed by atoms with Crippen molar-refractivity contribution >= 4 is 0 Å². The molecule has 0 N–H and O–H groups in total. The first kappa shape index (κ1) is 20.7. The molecule has 1 aromatic rings. The molecule has 1 unspecified atom stereocenters. The van der Waals surface area contributed by atoms with Gasteiger partial charge in [0, 0.05) is 18.8 Å². The minimum atomic E-state index is -0.129. The summed E-state index contributed by atoms with van der Waals surface area (Å²) in [5.41, 5.74) is 5.01. The molecular formula is C24H36FN. The largest absolute Gasteiger partial charge is 0.375 e. The SMILES string of the molecule is C=C(CC)CCC(=C)N1CCC(CCc2ccc(F)cc2C(C)(C)C)C1. The molecule has 0 bridgehead atoms. The van der Waals surface area contributed by atoms with Crippen molar-refractivity contribution in [3.8, 4) is 0 Å². The third-order valence-corrected chi connectivity index (χ3v) is 5.70. The van der Waals surface area contributed by atoms with Crippen LogP contribution in [0.15, 0.2) is 42.6 Å². The van der Waals surface area contributed by atoms with E-state index in [0.717, 1.165) is 44.3 Å². The first-order valence-corrected chi connectivity index (χ1v) is 10.1. The zero-order valence-corrected chi connectivity index (χ0v) is 17.2. The molecular weight excluding hydrogens is 321 g/mol. The van der Waals surface area contributed by atoms with Crippen molar-refractivity contribution in [1.82, 2.24) is 4.90 Å².